The molecule has 1 aromatic rings. The van der Waals surface area contributed by atoms with Crippen LogP contribution < -0.4 is 11.1 Å². The molecule has 1 amide bonds. The molecule has 0 aliphatic rings. The van der Waals surface area contributed by atoms with Crippen LogP contribution in [0.25, 0.3) is 0 Å². The van der Waals surface area contributed by atoms with E-state index in [0.29, 0.717) is 13.0 Å². The second-order valence-electron chi connectivity index (χ2n) is 5.29. The van der Waals surface area contributed by atoms with E-state index in [1.165, 1.54) is 0 Å². The molecule has 0 spiro atoms. The highest BCUT2D eigenvalue weighted by atomic mass is 16.1. The molecule has 3 N–H and O–H groups in total. The van der Waals surface area contributed by atoms with Crippen LogP contribution in [0.1, 0.15) is 25.8 Å². The molecule has 1 unspecified atom stereocenters. The highest BCUT2D eigenvalue weighted by Gasteiger charge is 2.16. The minimum atomic E-state index is -0.138. The van der Waals surface area contributed by atoms with E-state index in [2.05, 4.69) is 24.1 Å². The Bertz CT molecular complexity index is 390. The Kier molecular flexibility index (Phi) is 8.71. The number of benzene rings is 1. The van der Waals surface area contributed by atoms with Crippen LogP contribution in [0.3, 0.4) is 0 Å². The van der Waals surface area contributed by atoms with Gasteiger partial charge in [-0.15, -0.1) is 0 Å². The van der Waals surface area contributed by atoms with Gasteiger partial charge in [0.25, 0.3) is 0 Å². The van der Waals surface area contributed by atoms with Crippen LogP contribution in [0.2, 0.25) is 0 Å². The van der Waals surface area contributed by atoms with Gasteiger partial charge >= 0.3 is 0 Å². The third-order valence-corrected chi connectivity index (χ3v) is 3.83. The van der Waals surface area contributed by atoms with Crippen molar-refractivity contribution in [3.05, 3.63) is 35.9 Å². The molecule has 4 heteroatoms. The van der Waals surface area contributed by atoms with Crippen molar-refractivity contribution in [1.82, 2.24) is 10.2 Å². The van der Waals surface area contributed by atoms with Crippen LogP contribution >= 0.6 is 0 Å². The Balaban J connectivity index is 2.31. The van der Waals surface area contributed by atoms with Gasteiger partial charge in [-0.1, -0.05) is 44.2 Å². The van der Waals surface area contributed by atoms with E-state index in [1.807, 2.05) is 30.3 Å². The van der Waals surface area contributed by atoms with Crippen molar-refractivity contribution in [2.45, 2.75) is 26.7 Å². The molecule has 118 valence electrons. The lowest BCUT2D eigenvalue weighted by Gasteiger charge is -2.19. The van der Waals surface area contributed by atoms with Crippen LogP contribution in [0, 0.1) is 5.92 Å². The molecule has 0 bridgehead atoms. The van der Waals surface area contributed by atoms with Gasteiger partial charge in [0.15, 0.2) is 0 Å². The lowest BCUT2D eigenvalue weighted by molar-refractivity contribution is -0.124. The van der Waals surface area contributed by atoms with Gasteiger partial charge in [-0.25, -0.2) is 0 Å². The van der Waals surface area contributed by atoms with Crippen LogP contribution in [0.5, 0.6) is 0 Å². The number of rotatable bonds is 10. The second-order valence-corrected chi connectivity index (χ2v) is 5.29. The summed E-state index contributed by atoms with van der Waals surface area (Å²) in [6.07, 6.45) is 1.69. The fourth-order valence-electron chi connectivity index (χ4n) is 2.38. The number of carbonyl (C=O) groups excluding carboxylic acids is 1. The molecule has 0 fully saturated rings. The quantitative estimate of drug-likeness (QED) is 0.645. The van der Waals surface area contributed by atoms with Crippen LogP contribution in [-0.2, 0) is 11.2 Å². The molecule has 0 saturated carbocycles. The van der Waals surface area contributed by atoms with Crippen LogP contribution in [-0.4, -0.2) is 43.5 Å². The third-order valence-electron chi connectivity index (χ3n) is 3.83. The van der Waals surface area contributed by atoms with E-state index < -0.39 is 0 Å². The molecule has 0 radical (unpaired) electrons. The fourth-order valence-corrected chi connectivity index (χ4v) is 2.38. The van der Waals surface area contributed by atoms with Crippen LogP contribution in [0.4, 0.5) is 0 Å². The number of nitrogens with two attached hydrogens (primary N) is 1. The third kappa shape index (κ3) is 6.74. The molecule has 1 aromatic carbocycles. The highest BCUT2D eigenvalue weighted by molar-refractivity contribution is 5.79. The predicted molar refractivity (Wildman–Crippen MR) is 88.1 cm³/mol. The Morgan fingerprint density at radius 3 is 2.48 bits per heavy atom. The van der Waals surface area contributed by atoms with Crippen molar-refractivity contribution >= 4 is 5.91 Å². The molecule has 0 heterocycles. The monoisotopic (exact) mass is 291 g/mol. The van der Waals surface area contributed by atoms with Crippen LogP contribution in [0.15, 0.2) is 30.3 Å². The van der Waals surface area contributed by atoms with E-state index in [1.54, 1.807) is 0 Å². The summed E-state index contributed by atoms with van der Waals surface area (Å²) in [7, 11) is 0. The van der Waals surface area contributed by atoms with Crippen molar-refractivity contribution in [1.29, 1.82) is 0 Å². The minimum absolute atomic E-state index is 0.0703. The SMILES string of the molecule is CCN(CC)CCCNC(=O)C(CN)Cc1ccccc1. The highest BCUT2D eigenvalue weighted by Crippen LogP contribution is 2.08. The fraction of sp³-hybridized carbons (Fsp3) is 0.588. The van der Waals surface area contributed by atoms with Gasteiger partial charge in [-0.3, -0.25) is 4.79 Å². The Morgan fingerprint density at radius 1 is 1.24 bits per heavy atom. The number of carbonyl (C=O) groups is 1. The van der Waals surface area contributed by atoms with E-state index in [9.17, 15) is 4.79 Å². The number of nitrogens with zero attached hydrogens (tertiary/aromatic N) is 1. The molecule has 1 atom stereocenters. The first-order chi connectivity index (χ1) is 10.2. The molecular weight excluding hydrogens is 262 g/mol. The molecule has 0 aliphatic heterocycles. The molecule has 0 aliphatic carbocycles. The van der Waals surface area contributed by atoms with Crippen molar-refractivity contribution in [3.63, 3.8) is 0 Å². The first-order valence-corrected chi connectivity index (χ1v) is 7.95. The smallest absolute Gasteiger partial charge is 0.224 e. The summed E-state index contributed by atoms with van der Waals surface area (Å²) in [6.45, 7) is 8.57. The molecule has 4 nitrogen and oxygen atoms in total. The first-order valence-electron chi connectivity index (χ1n) is 7.95. The van der Waals surface area contributed by atoms with Crippen molar-refractivity contribution < 1.29 is 4.79 Å². The Hall–Kier alpha value is -1.39. The van der Waals surface area contributed by atoms with Crippen molar-refractivity contribution in [2.24, 2.45) is 11.7 Å². The predicted octanol–water partition coefficient (Wildman–Crippen LogP) is 1.65. The molecular formula is C17H29N3O. The van der Waals surface area contributed by atoms with E-state index in [4.69, 9.17) is 5.73 Å². The summed E-state index contributed by atoms with van der Waals surface area (Å²) in [5.74, 6) is -0.0678. The van der Waals surface area contributed by atoms with E-state index in [0.717, 1.165) is 38.2 Å². The summed E-state index contributed by atoms with van der Waals surface area (Å²) in [5, 5.41) is 3.01. The van der Waals surface area contributed by atoms with Gasteiger partial charge < -0.3 is 16.0 Å². The zero-order chi connectivity index (χ0) is 15.5. The average molecular weight is 291 g/mol. The molecule has 0 saturated heterocycles. The van der Waals surface area contributed by atoms with Gasteiger partial charge in [-0.2, -0.15) is 0 Å². The molecule has 0 aromatic heterocycles. The summed E-state index contributed by atoms with van der Waals surface area (Å²) in [4.78, 5) is 14.5. The molecule has 21 heavy (non-hydrogen) atoms. The largest absolute Gasteiger partial charge is 0.356 e. The van der Waals surface area contributed by atoms with Gasteiger partial charge in [0.05, 0.1) is 5.92 Å². The zero-order valence-corrected chi connectivity index (χ0v) is 13.3. The summed E-state index contributed by atoms with van der Waals surface area (Å²) in [6, 6.07) is 10.0. The minimum Gasteiger partial charge on any atom is -0.356 e. The normalized spacial score (nSPS) is 12.4. The summed E-state index contributed by atoms with van der Waals surface area (Å²) >= 11 is 0. The van der Waals surface area contributed by atoms with Gasteiger partial charge in [0.2, 0.25) is 5.91 Å². The number of nitrogens with one attached hydrogen (secondary N) is 1. The Morgan fingerprint density at radius 2 is 1.90 bits per heavy atom. The number of hydrogen-bond donors (Lipinski definition) is 2. The van der Waals surface area contributed by atoms with E-state index in [-0.39, 0.29) is 11.8 Å². The summed E-state index contributed by atoms with van der Waals surface area (Å²) < 4.78 is 0. The number of hydrogen-bond acceptors (Lipinski definition) is 3. The topological polar surface area (TPSA) is 58.4 Å². The lowest BCUT2D eigenvalue weighted by Crippen LogP contribution is -2.37. The first kappa shape index (κ1) is 17.7. The van der Waals surface area contributed by atoms with Crippen molar-refractivity contribution in [2.75, 3.05) is 32.7 Å². The average Bonchev–Trinajstić information content (AvgIpc) is 2.53. The Labute approximate surface area is 128 Å². The summed E-state index contributed by atoms with van der Waals surface area (Å²) in [5.41, 5.74) is 6.91. The standard InChI is InChI=1S/C17H29N3O/c1-3-20(4-2)12-8-11-19-17(21)16(14-18)13-15-9-6-5-7-10-15/h5-7,9-10,16H,3-4,8,11-14,18H2,1-2H3,(H,19,21). The van der Waals surface area contributed by atoms with Gasteiger partial charge in [0.1, 0.15) is 0 Å². The lowest BCUT2D eigenvalue weighted by atomic mass is 9.98. The second kappa shape index (κ2) is 10.4. The number of amides is 1. The molecule has 1 rings (SSSR count). The van der Waals surface area contributed by atoms with E-state index >= 15 is 0 Å². The maximum atomic E-state index is 12.2. The maximum Gasteiger partial charge on any atom is 0.224 e. The van der Waals surface area contributed by atoms with Gasteiger partial charge in [0, 0.05) is 13.1 Å². The van der Waals surface area contributed by atoms with Crippen molar-refractivity contribution in [3.8, 4) is 0 Å². The maximum absolute atomic E-state index is 12.2. The zero-order valence-electron chi connectivity index (χ0n) is 13.3. The van der Waals surface area contributed by atoms with Gasteiger partial charge in [-0.05, 0) is 38.0 Å².